The van der Waals surface area contributed by atoms with Crippen LogP contribution in [-0.2, 0) is 0 Å². The minimum absolute atomic E-state index is 0.469. The van der Waals surface area contributed by atoms with Gasteiger partial charge in [0.15, 0.2) is 5.96 Å². The molecule has 0 heterocycles. The molecule has 2 rings (SSSR count). The van der Waals surface area contributed by atoms with E-state index in [0.29, 0.717) is 24.0 Å². The second-order valence-electron chi connectivity index (χ2n) is 5.47. The summed E-state index contributed by atoms with van der Waals surface area (Å²) in [6.45, 7) is 2.29. The van der Waals surface area contributed by atoms with Crippen LogP contribution in [0.5, 0.6) is 0 Å². The Hall–Kier alpha value is -0.730. The van der Waals surface area contributed by atoms with Crippen LogP contribution >= 0.6 is 0 Å². The molecule has 0 spiro atoms. The van der Waals surface area contributed by atoms with Crippen LogP contribution in [0.15, 0.2) is 4.99 Å². The van der Waals surface area contributed by atoms with Gasteiger partial charge in [0.25, 0.3) is 0 Å². The molecule has 0 aromatic rings. The van der Waals surface area contributed by atoms with Crippen molar-refractivity contribution in [3.63, 3.8) is 0 Å². The van der Waals surface area contributed by atoms with Crippen molar-refractivity contribution in [1.29, 1.82) is 0 Å². The fraction of sp³-hybridized carbons (Fsp3) is 0.923. The first-order chi connectivity index (χ1) is 7.75. The molecule has 0 aliphatic heterocycles. The quantitative estimate of drug-likeness (QED) is 0.558. The van der Waals surface area contributed by atoms with E-state index in [-0.39, 0.29) is 0 Å². The number of hydrogen-bond donors (Lipinski definition) is 2. The van der Waals surface area contributed by atoms with Gasteiger partial charge in [-0.1, -0.05) is 32.6 Å². The molecule has 3 heteroatoms. The van der Waals surface area contributed by atoms with Crippen molar-refractivity contribution in [1.82, 2.24) is 5.32 Å². The van der Waals surface area contributed by atoms with Gasteiger partial charge in [-0.15, -0.1) is 0 Å². The molecule has 2 saturated carbocycles. The highest BCUT2D eigenvalue weighted by molar-refractivity contribution is 5.78. The summed E-state index contributed by atoms with van der Waals surface area (Å²) in [5, 5.41) is 3.39. The van der Waals surface area contributed by atoms with E-state index in [0.717, 1.165) is 0 Å². The Bertz CT molecular complexity index is 244. The molecule has 0 aromatic heterocycles. The molecule has 2 aliphatic carbocycles. The number of guanidine groups is 1. The van der Waals surface area contributed by atoms with E-state index in [4.69, 9.17) is 5.73 Å². The van der Waals surface area contributed by atoms with Crippen molar-refractivity contribution < 1.29 is 0 Å². The molecule has 2 aliphatic rings. The molecule has 0 radical (unpaired) electrons. The van der Waals surface area contributed by atoms with Crippen LogP contribution in [0.3, 0.4) is 0 Å². The van der Waals surface area contributed by atoms with E-state index in [2.05, 4.69) is 17.2 Å². The van der Waals surface area contributed by atoms with Crippen LogP contribution in [0.2, 0.25) is 0 Å². The van der Waals surface area contributed by atoms with Crippen molar-refractivity contribution in [2.24, 2.45) is 16.6 Å². The average Bonchev–Trinajstić information content (AvgIpc) is 2.66. The van der Waals surface area contributed by atoms with Crippen molar-refractivity contribution in [2.75, 3.05) is 0 Å². The minimum atomic E-state index is 0.469. The number of nitrogens with one attached hydrogen (secondary N) is 1. The largest absolute Gasteiger partial charge is 0.370 e. The zero-order chi connectivity index (χ0) is 11.4. The number of hydrogen-bond acceptors (Lipinski definition) is 1. The fourth-order valence-corrected chi connectivity index (χ4v) is 2.99. The molecule has 2 unspecified atom stereocenters. The third-order valence-corrected chi connectivity index (χ3v) is 4.08. The third-order valence-electron chi connectivity index (χ3n) is 4.08. The Labute approximate surface area is 98.9 Å². The van der Waals surface area contributed by atoms with E-state index in [1.165, 1.54) is 51.4 Å². The Morgan fingerprint density at radius 1 is 1.06 bits per heavy atom. The molecule has 92 valence electrons. The summed E-state index contributed by atoms with van der Waals surface area (Å²) >= 11 is 0. The molecular weight excluding hydrogens is 198 g/mol. The summed E-state index contributed by atoms with van der Waals surface area (Å²) in [4.78, 5) is 4.63. The first kappa shape index (κ1) is 11.7. The van der Waals surface area contributed by atoms with Crippen LogP contribution in [0.25, 0.3) is 0 Å². The van der Waals surface area contributed by atoms with Gasteiger partial charge < -0.3 is 11.1 Å². The normalized spacial score (nSPS) is 32.9. The highest BCUT2D eigenvalue weighted by Crippen LogP contribution is 2.27. The van der Waals surface area contributed by atoms with Gasteiger partial charge in [-0.2, -0.15) is 0 Å². The Kier molecular flexibility index (Phi) is 4.08. The van der Waals surface area contributed by atoms with E-state index in [9.17, 15) is 0 Å². The summed E-state index contributed by atoms with van der Waals surface area (Å²) in [6.07, 6.45) is 10.4. The van der Waals surface area contributed by atoms with Crippen molar-refractivity contribution >= 4 is 5.96 Å². The predicted molar refractivity (Wildman–Crippen MR) is 68.4 cm³/mol. The zero-order valence-electron chi connectivity index (χ0n) is 10.4. The second kappa shape index (κ2) is 5.55. The van der Waals surface area contributed by atoms with Crippen LogP contribution in [0.1, 0.15) is 58.3 Å². The van der Waals surface area contributed by atoms with Crippen molar-refractivity contribution in [2.45, 2.75) is 70.4 Å². The highest BCUT2D eigenvalue weighted by Gasteiger charge is 2.23. The number of rotatable bonds is 2. The maximum atomic E-state index is 5.99. The topological polar surface area (TPSA) is 50.4 Å². The maximum Gasteiger partial charge on any atom is 0.189 e. The van der Waals surface area contributed by atoms with Gasteiger partial charge in [0.1, 0.15) is 0 Å². The molecule has 0 saturated heterocycles. The van der Waals surface area contributed by atoms with E-state index >= 15 is 0 Å². The fourth-order valence-electron chi connectivity index (χ4n) is 2.99. The summed E-state index contributed by atoms with van der Waals surface area (Å²) in [7, 11) is 0. The predicted octanol–water partition coefficient (Wildman–Crippen LogP) is 2.41. The van der Waals surface area contributed by atoms with Gasteiger partial charge in [-0.3, -0.25) is 0 Å². The second-order valence-corrected chi connectivity index (χ2v) is 5.47. The number of nitrogens with zero attached hydrogens (tertiary/aromatic N) is 1. The molecule has 2 fully saturated rings. The van der Waals surface area contributed by atoms with Gasteiger partial charge in [-0.25, -0.2) is 4.99 Å². The smallest absolute Gasteiger partial charge is 0.189 e. The lowest BCUT2D eigenvalue weighted by Gasteiger charge is -2.24. The van der Waals surface area contributed by atoms with Crippen molar-refractivity contribution in [3.8, 4) is 0 Å². The molecule has 3 nitrogen and oxygen atoms in total. The zero-order valence-corrected chi connectivity index (χ0v) is 10.4. The first-order valence-corrected chi connectivity index (χ1v) is 6.85. The van der Waals surface area contributed by atoms with E-state index in [1.54, 1.807) is 0 Å². The third kappa shape index (κ3) is 3.13. The summed E-state index contributed by atoms with van der Waals surface area (Å²) in [6, 6.07) is 1.05. The summed E-state index contributed by atoms with van der Waals surface area (Å²) in [5.74, 6) is 1.40. The molecule has 2 atom stereocenters. The molecule has 16 heavy (non-hydrogen) atoms. The summed E-state index contributed by atoms with van der Waals surface area (Å²) < 4.78 is 0. The van der Waals surface area contributed by atoms with Crippen LogP contribution < -0.4 is 11.1 Å². The van der Waals surface area contributed by atoms with E-state index < -0.39 is 0 Å². The van der Waals surface area contributed by atoms with Gasteiger partial charge >= 0.3 is 0 Å². The Morgan fingerprint density at radius 3 is 2.44 bits per heavy atom. The maximum absolute atomic E-state index is 5.99. The highest BCUT2D eigenvalue weighted by atomic mass is 15.1. The Morgan fingerprint density at radius 2 is 1.81 bits per heavy atom. The SMILES string of the molecule is CC1CCCC1N=C(N)NC1CCCCC1. The molecular formula is C13H25N3. The lowest BCUT2D eigenvalue weighted by atomic mass is 9.96. The molecule has 0 amide bonds. The Balaban J connectivity index is 1.81. The molecule has 0 aromatic carbocycles. The lowest BCUT2D eigenvalue weighted by Crippen LogP contribution is -2.41. The number of nitrogens with two attached hydrogens (primary N) is 1. The number of aliphatic imine (C=N–C) groups is 1. The van der Waals surface area contributed by atoms with Crippen LogP contribution in [0, 0.1) is 5.92 Å². The minimum Gasteiger partial charge on any atom is -0.370 e. The van der Waals surface area contributed by atoms with Gasteiger partial charge in [0.2, 0.25) is 0 Å². The lowest BCUT2D eigenvalue weighted by molar-refractivity contribution is 0.410. The van der Waals surface area contributed by atoms with Gasteiger partial charge in [0, 0.05) is 6.04 Å². The molecule has 3 N–H and O–H groups in total. The van der Waals surface area contributed by atoms with Crippen molar-refractivity contribution in [3.05, 3.63) is 0 Å². The first-order valence-electron chi connectivity index (χ1n) is 6.85. The van der Waals surface area contributed by atoms with Crippen LogP contribution in [-0.4, -0.2) is 18.0 Å². The molecule has 0 bridgehead atoms. The summed E-state index contributed by atoms with van der Waals surface area (Å²) in [5.41, 5.74) is 5.99. The van der Waals surface area contributed by atoms with E-state index in [1.807, 2.05) is 0 Å². The van der Waals surface area contributed by atoms with Gasteiger partial charge in [0.05, 0.1) is 6.04 Å². The monoisotopic (exact) mass is 223 g/mol. The van der Waals surface area contributed by atoms with Gasteiger partial charge in [-0.05, 0) is 31.6 Å². The average molecular weight is 223 g/mol. The van der Waals surface area contributed by atoms with Crippen LogP contribution in [0.4, 0.5) is 0 Å². The standard InChI is InChI=1S/C13H25N3/c1-10-6-5-9-12(10)16-13(14)15-11-7-3-2-4-8-11/h10-12H,2-9H2,1H3,(H3,14,15,16).